The summed E-state index contributed by atoms with van der Waals surface area (Å²) in [6, 6.07) is 11.1. The molecule has 1 aromatic carbocycles. The highest BCUT2D eigenvalue weighted by atomic mass is 16.5. The average Bonchev–Trinajstić information content (AvgIpc) is 3.26. The van der Waals surface area contributed by atoms with Gasteiger partial charge in [-0.05, 0) is 12.1 Å². The van der Waals surface area contributed by atoms with Crippen LogP contribution in [0.15, 0.2) is 47.1 Å². The zero-order chi connectivity index (χ0) is 19.1. The molecule has 0 bridgehead atoms. The molecule has 0 saturated carbocycles. The first kappa shape index (κ1) is 17.4. The summed E-state index contributed by atoms with van der Waals surface area (Å²) in [6.07, 6.45) is 1.47. The highest BCUT2D eigenvalue weighted by Crippen LogP contribution is 2.36. The number of morpholine rings is 1. The van der Waals surface area contributed by atoms with Crippen molar-refractivity contribution in [2.24, 2.45) is 0 Å². The number of carbonyl (C=O) groups excluding carboxylic acids is 2. The van der Waals surface area contributed by atoms with Crippen LogP contribution in [0.25, 0.3) is 0 Å². The van der Waals surface area contributed by atoms with Gasteiger partial charge >= 0.3 is 0 Å². The fraction of sp³-hybridized carbons (Fsp3) is 0.450. The Hall–Kier alpha value is -2.71. The van der Waals surface area contributed by atoms with Crippen LogP contribution < -0.4 is 0 Å². The van der Waals surface area contributed by atoms with Gasteiger partial charge in [-0.2, -0.15) is 0 Å². The minimum absolute atomic E-state index is 0.0326. The van der Waals surface area contributed by atoms with Gasteiger partial charge < -0.3 is 19.1 Å². The fourth-order valence-electron chi connectivity index (χ4n) is 4.69. The van der Waals surface area contributed by atoms with Crippen molar-refractivity contribution >= 4 is 11.8 Å². The van der Waals surface area contributed by atoms with E-state index in [9.17, 15) is 9.59 Å². The van der Waals surface area contributed by atoms with E-state index < -0.39 is 0 Å². The standard InChI is InChI=1S/C20H22N4O4/c25-18(15-4-2-1-3-5-15)22-10-16-11-27-9-8-24(16)20(12-22)13-23(14-20)19(26)17-6-7-21-28-17/h1-7,16H,8-14H2. The van der Waals surface area contributed by atoms with E-state index in [2.05, 4.69) is 10.1 Å². The molecule has 4 heterocycles. The Morgan fingerprint density at radius 1 is 1.04 bits per heavy atom. The molecular weight excluding hydrogens is 360 g/mol. The van der Waals surface area contributed by atoms with Gasteiger partial charge in [-0.15, -0.1) is 0 Å². The van der Waals surface area contributed by atoms with Gasteiger partial charge in [-0.3, -0.25) is 14.5 Å². The summed E-state index contributed by atoms with van der Waals surface area (Å²) >= 11 is 0. The number of rotatable bonds is 2. The summed E-state index contributed by atoms with van der Waals surface area (Å²) in [7, 11) is 0. The third-order valence-corrected chi connectivity index (χ3v) is 5.97. The van der Waals surface area contributed by atoms with Gasteiger partial charge in [0.25, 0.3) is 11.8 Å². The Balaban J connectivity index is 1.37. The summed E-state index contributed by atoms with van der Waals surface area (Å²) in [4.78, 5) is 31.8. The maximum atomic E-state index is 13.1. The second kappa shape index (κ2) is 6.72. The summed E-state index contributed by atoms with van der Waals surface area (Å²) < 4.78 is 10.7. The number of carbonyl (C=O) groups is 2. The van der Waals surface area contributed by atoms with Gasteiger partial charge in [0, 0.05) is 44.4 Å². The number of hydrogen-bond acceptors (Lipinski definition) is 6. The number of ether oxygens (including phenoxy) is 1. The summed E-state index contributed by atoms with van der Waals surface area (Å²) in [6.45, 7) is 4.51. The Morgan fingerprint density at radius 3 is 2.57 bits per heavy atom. The summed E-state index contributed by atoms with van der Waals surface area (Å²) in [5.74, 6) is 0.131. The molecule has 3 saturated heterocycles. The van der Waals surface area contributed by atoms with E-state index in [0.29, 0.717) is 45.0 Å². The van der Waals surface area contributed by atoms with Crippen LogP contribution >= 0.6 is 0 Å². The van der Waals surface area contributed by atoms with Gasteiger partial charge in [-0.25, -0.2) is 0 Å². The zero-order valence-electron chi connectivity index (χ0n) is 15.5. The lowest BCUT2D eigenvalue weighted by Gasteiger charge is -2.63. The van der Waals surface area contributed by atoms with Crippen molar-refractivity contribution in [2.45, 2.75) is 11.6 Å². The van der Waals surface area contributed by atoms with E-state index >= 15 is 0 Å². The van der Waals surface area contributed by atoms with Crippen LogP contribution in [0.3, 0.4) is 0 Å². The molecule has 1 atom stereocenters. The van der Waals surface area contributed by atoms with Crippen LogP contribution in [0.2, 0.25) is 0 Å². The van der Waals surface area contributed by atoms with Crippen LogP contribution in [-0.2, 0) is 4.74 Å². The molecule has 146 valence electrons. The van der Waals surface area contributed by atoms with Gasteiger partial charge in [-0.1, -0.05) is 23.4 Å². The molecule has 2 aromatic rings. The summed E-state index contributed by atoms with van der Waals surface area (Å²) in [5.41, 5.74) is 0.462. The van der Waals surface area contributed by atoms with Crippen molar-refractivity contribution in [2.75, 3.05) is 45.9 Å². The SMILES string of the molecule is O=C(c1ccccc1)N1CC2COCCN2C2(C1)CN(C(=O)c1ccno1)C2. The minimum Gasteiger partial charge on any atom is -0.378 e. The number of fused-ring (bicyclic) bond motifs is 2. The number of piperazine rings is 1. The number of likely N-dealkylation sites (tertiary alicyclic amines) is 1. The van der Waals surface area contributed by atoms with Gasteiger partial charge in [0.05, 0.1) is 31.0 Å². The van der Waals surface area contributed by atoms with Crippen molar-refractivity contribution < 1.29 is 18.8 Å². The maximum Gasteiger partial charge on any atom is 0.292 e. The average molecular weight is 382 g/mol. The van der Waals surface area contributed by atoms with Crippen LogP contribution in [0.5, 0.6) is 0 Å². The lowest BCUT2D eigenvalue weighted by Crippen LogP contribution is -2.81. The van der Waals surface area contributed by atoms with Gasteiger partial charge in [0.15, 0.2) is 0 Å². The van der Waals surface area contributed by atoms with Crippen LogP contribution in [-0.4, -0.2) is 89.2 Å². The highest BCUT2D eigenvalue weighted by Gasteiger charge is 2.56. The number of benzene rings is 1. The van der Waals surface area contributed by atoms with Crippen molar-refractivity contribution in [1.29, 1.82) is 0 Å². The molecule has 1 spiro atoms. The van der Waals surface area contributed by atoms with E-state index in [1.54, 1.807) is 11.0 Å². The molecule has 8 nitrogen and oxygen atoms in total. The van der Waals surface area contributed by atoms with Crippen molar-refractivity contribution in [3.05, 3.63) is 53.9 Å². The third kappa shape index (κ3) is 2.80. The minimum atomic E-state index is -0.229. The summed E-state index contributed by atoms with van der Waals surface area (Å²) in [5, 5.41) is 3.62. The first-order valence-electron chi connectivity index (χ1n) is 9.55. The molecule has 5 rings (SSSR count). The number of amides is 2. The zero-order valence-corrected chi connectivity index (χ0v) is 15.5. The van der Waals surface area contributed by atoms with Gasteiger partial charge in [0.1, 0.15) is 0 Å². The lowest BCUT2D eigenvalue weighted by molar-refractivity contribution is -0.149. The van der Waals surface area contributed by atoms with Crippen LogP contribution in [0.1, 0.15) is 20.9 Å². The predicted octanol–water partition coefficient (Wildman–Crippen LogP) is 0.726. The maximum absolute atomic E-state index is 13.1. The van der Waals surface area contributed by atoms with E-state index in [1.807, 2.05) is 35.2 Å². The van der Waals surface area contributed by atoms with E-state index in [-0.39, 0.29) is 29.2 Å². The molecule has 8 heteroatoms. The Kier molecular flexibility index (Phi) is 4.17. The number of nitrogens with zero attached hydrogens (tertiary/aromatic N) is 4. The molecule has 1 unspecified atom stereocenters. The molecule has 3 aliphatic rings. The predicted molar refractivity (Wildman–Crippen MR) is 98.8 cm³/mol. The van der Waals surface area contributed by atoms with Crippen molar-refractivity contribution in [3.8, 4) is 0 Å². The highest BCUT2D eigenvalue weighted by molar-refractivity contribution is 5.94. The smallest absolute Gasteiger partial charge is 0.292 e. The monoisotopic (exact) mass is 382 g/mol. The first-order chi connectivity index (χ1) is 13.7. The molecule has 28 heavy (non-hydrogen) atoms. The molecule has 2 amide bonds. The van der Waals surface area contributed by atoms with E-state index in [4.69, 9.17) is 9.26 Å². The molecule has 3 fully saturated rings. The fourth-order valence-corrected chi connectivity index (χ4v) is 4.69. The number of aromatic nitrogens is 1. The molecule has 3 aliphatic heterocycles. The third-order valence-electron chi connectivity index (χ3n) is 5.97. The Morgan fingerprint density at radius 2 is 1.82 bits per heavy atom. The topological polar surface area (TPSA) is 79.1 Å². The Bertz CT molecular complexity index is 864. The lowest BCUT2D eigenvalue weighted by atomic mass is 9.82. The van der Waals surface area contributed by atoms with E-state index in [1.165, 1.54) is 6.20 Å². The van der Waals surface area contributed by atoms with Crippen LogP contribution in [0, 0.1) is 0 Å². The first-order valence-corrected chi connectivity index (χ1v) is 9.55. The molecule has 0 aliphatic carbocycles. The van der Waals surface area contributed by atoms with Gasteiger partial charge in [0.2, 0.25) is 5.76 Å². The molecule has 0 radical (unpaired) electrons. The number of hydrogen-bond donors (Lipinski definition) is 0. The van der Waals surface area contributed by atoms with E-state index in [0.717, 1.165) is 6.54 Å². The quantitative estimate of drug-likeness (QED) is 0.762. The van der Waals surface area contributed by atoms with Crippen LogP contribution in [0.4, 0.5) is 0 Å². The second-order valence-corrected chi connectivity index (χ2v) is 7.74. The van der Waals surface area contributed by atoms with Crippen molar-refractivity contribution in [1.82, 2.24) is 19.9 Å². The molecular formula is C20H22N4O4. The Labute approximate surface area is 162 Å². The molecule has 1 aromatic heterocycles. The molecule has 0 N–H and O–H groups in total. The second-order valence-electron chi connectivity index (χ2n) is 7.74. The largest absolute Gasteiger partial charge is 0.378 e. The normalized spacial score (nSPS) is 23.9. The van der Waals surface area contributed by atoms with Crippen molar-refractivity contribution in [3.63, 3.8) is 0 Å².